The first-order valence-corrected chi connectivity index (χ1v) is 8.68. The molecule has 1 saturated heterocycles. The summed E-state index contributed by atoms with van der Waals surface area (Å²) in [5, 5.41) is 2.91. The molecule has 1 amide bonds. The number of nitrogens with one attached hydrogen (secondary N) is 1. The minimum Gasteiger partial charge on any atom is -0.444 e. The highest BCUT2D eigenvalue weighted by molar-refractivity contribution is 9.10. The Bertz CT molecular complexity index is 532. The second kappa shape index (κ2) is 7.62. The van der Waals surface area contributed by atoms with Gasteiger partial charge in [0.2, 0.25) is 0 Å². The van der Waals surface area contributed by atoms with Crippen LogP contribution in [-0.2, 0) is 11.3 Å². The monoisotopic (exact) mass is 386 g/mol. The largest absolute Gasteiger partial charge is 0.444 e. The van der Waals surface area contributed by atoms with Gasteiger partial charge in [0.25, 0.3) is 0 Å². The highest BCUT2D eigenvalue weighted by atomic mass is 79.9. The van der Waals surface area contributed by atoms with E-state index in [-0.39, 0.29) is 18.0 Å². The SMILES string of the molecule is CC(C)(C)OC(=O)NC1CCN(Cc2c(F)cccc2Br)CC1. The van der Waals surface area contributed by atoms with Crippen molar-refractivity contribution >= 4 is 22.0 Å². The average molecular weight is 387 g/mol. The third-order valence-corrected chi connectivity index (χ3v) is 4.49. The van der Waals surface area contributed by atoms with Crippen LogP contribution in [0.15, 0.2) is 22.7 Å². The lowest BCUT2D eigenvalue weighted by Crippen LogP contribution is -2.45. The molecule has 0 unspecified atom stereocenters. The number of nitrogens with zero attached hydrogens (tertiary/aromatic N) is 1. The molecule has 23 heavy (non-hydrogen) atoms. The summed E-state index contributed by atoms with van der Waals surface area (Å²) in [4.78, 5) is 14.0. The molecule has 0 aromatic heterocycles. The van der Waals surface area contributed by atoms with E-state index in [2.05, 4.69) is 26.1 Å². The fourth-order valence-corrected chi connectivity index (χ4v) is 3.08. The third-order valence-electron chi connectivity index (χ3n) is 3.75. The Morgan fingerprint density at radius 1 is 1.39 bits per heavy atom. The smallest absolute Gasteiger partial charge is 0.407 e. The maximum Gasteiger partial charge on any atom is 0.407 e. The molecule has 0 spiro atoms. The number of halogens is 2. The lowest BCUT2D eigenvalue weighted by Gasteiger charge is -2.33. The number of ether oxygens (including phenoxy) is 1. The van der Waals surface area contributed by atoms with Gasteiger partial charge in [0, 0.05) is 35.7 Å². The summed E-state index contributed by atoms with van der Waals surface area (Å²) in [6, 6.07) is 5.15. The Morgan fingerprint density at radius 3 is 2.61 bits per heavy atom. The molecule has 1 aliphatic rings. The van der Waals surface area contributed by atoms with E-state index in [1.165, 1.54) is 6.07 Å². The molecule has 1 N–H and O–H groups in total. The second-order valence-corrected chi connectivity index (χ2v) is 7.75. The quantitative estimate of drug-likeness (QED) is 0.850. The summed E-state index contributed by atoms with van der Waals surface area (Å²) >= 11 is 3.41. The van der Waals surface area contributed by atoms with Crippen molar-refractivity contribution in [3.63, 3.8) is 0 Å². The first-order chi connectivity index (χ1) is 10.7. The first-order valence-electron chi connectivity index (χ1n) is 7.89. The van der Waals surface area contributed by atoms with Gasteiger partial charge in [-0.3, -0.25) is 4.90 Å². The number of hydrogen-bond donors (Lipinski definition) is 1. The highest BCUT2D eigenvalue weighted by Gasteiger charge is 2.24. The molecule has 0 saturated carbocycles. The zero-order valence-electron chi connectivity index (χ0n) is 13.9. The van der Waals surface area contributed by atoms with Crippen LogP contribution in [0.3, 0.4) is 0 Å². The van der Waals surface area contributed by atoms with Gasteiger partial charge in [-0.1, -0.05) is 22.0 Å². The molecule has 1 heterocycles. The molecule has 0 bridgehead atoms. The van der Waals surface area contributed by atoms with E-state index in [4.69, 9.17) is 4.74 Å². The van der Waals surface area contributed by atoms with Crippen molar-refractivity contribution in [2.45, 2.75) is 51.8 Å². The van der Waals surface area contributed by atoms with E-state index in [0.29, 0.717) is 12.1 Å². The minimum atomic E-state index is -0.484. The summed E-state index contributed by atoms with van der Waals surface area (Å²) in [7, 11) is 0. The summed E-state index contributed by atoms with van der Waals surface area (Å²) in [6.45, 7) is 7.76. The van der Waals surface area contributed by atoms with E-state index in [9.17, 15) is 9.18 Å². The Balaban J connectivity index is 1.81. The van der Waals surface area contributed by atoms with E-state index >= 15 is 0 Å². The maximum absolute atomic E-state index is 13.9. The van der Waals surface area contributed by atoms with Crippen LogP contribution in [0.25, 0.3) is 0 Å². The molecule has 1 aliphatic heterocycles. The summed E-state index contributed by atoms with van der Waals surface area (Å²) in [5.41, 5.74) is 0.202. The van der Waals surface area contributed by atoms with Crippen molar-refractivity contribution in [1.29, 1.82) is 0 Å². The number of benzene rings is 1. The van der Waals surface area contributed by atoms with E-state index < -0.39 is 5.60 Å². The Hall–Kier alpha value is -1.14. The fraction of sp³-hybridized carbons (Fsp3) is 0.588. The lowest BCUT2D eigenvalue weighted by molar-refractivity contribution is 0.0477. The summed E-state index contributed by atoms with van der Waals surface area (Å²) in [5.74, 6) is -0.187. The Morgan fingerprint density at radius 2 is 2.04 bits per heavy atom. The van der Waals surface area contributed by atoms with Crippen LogP contribution >= 0.6 is 15.9 Å². The van der Waals surface area contributed by atoms with Crippen molar-refractivity contribution in [3.8, 4) is 0 Å². The van der Waals surface area contributed by atoms with Gasteiger partial charge in [-0.15, -0.1) is 0 Å². The summed E-state index contributed by atoms with van der Waals surface area (Å²) in [6.07, 6.45) is 1.31. The van der Waals surface area contributed by atoms with Crippen LogP contribution in [0, 0.1) is 5.82 Å². The lowest BCUT2D eigenvalue weighted by atomic mass is 10.0. The number of carbonyl (C=O) groups excluding carboxylic acids is 1. The van der Waals surface area contributed by atoms with Gasteiger partial charge in [0.05, 0.1) is 0 Å². The topological polar surface area (TPSA) is 41.6 Å². The molecular formula is C17H24BrFN2O2. The minimum absolute atomic E-state index is 0.116. The Kier molecular flexibility index (Phi) is 6.03. The molecule has 1 fully saturated rings. The molecule has 4 nitrogen and oxygen atoms in total. The molecule has 6 heteroatoms. The standard InChI is InChI=1S/C17H24BrFN2O2/c1-17(2,3)23-16(22)20-12-7-9-21(10-8-12)11-13-14(18)5-4-6-15(13)19/h4-6,12H,7-11H2,1-3H3,(H,20,22). The van der Waals surface area contributed by atoms with Gasteiger partial charge in [-0.2, -0.15) is 0 Å². The van der Waals surface area contributed by atoms with Gasteiger partial charge in [0.15, 0.2) is 0 Å². The molecule has 2 rings (SSSR count). The number of amides is 1. The van der Waals surface area contributed by atoms with Crippen molar-refractivity contribution < 1.29 is 13.9 Å². The zero-order valence-corrected chi connectivity index (χ0v) is 15.5. The first kappa shape index (κ1) is 18.2. The number of likely N-dealkylation sites (tertiary alicyclic amines) is 1. The van der Waals surface area contributed by atoms with Crippen LogP contribution in [0.5, 0.6) is 0 Å². The predicted octanol–water partition coefficient (Wildman–Crippen LogP) is 4.08. The molecular weight excluding hydrogens is 363 g/mol. The number of piperidine rings is 1. The van der Waals surface area contributed by atoms with Gasteiger partial charge < -0.3 is 10.1 Å². The average Bonchev–Trinajstić information content (AvgIpc) is 2.43. The molecule has 0 aliphatic carbocycles. The van der Waals surface area contributed by atoms with Crippen LogP contribution in [0.2, 0.25) is 0 Å². The van der Waals surface area contributed by atoms with E-state index in [0.717, 1.165) is 30.4 Å². The van der Waals surface area contributed by atoms with Crippen LogP contribution < -0.4 is 5.32 Å². The van der Waals surface area contributed by atoms with Gasteiger partial charge >= 0.3 is 6.09 Å². The van der Waals surface area contributed by atoms with Gasteiger partial charge in [0.1, 0.15) is 11.4 Å². The second-order valence-electron chi connectivity index (χ2n) is 6.90. The maximum atomic E-state index is 13.9. The molecule has 1 aromatic rings. The van der Waals surface area contributed by atoms with E-state index in [1.807, 2.05) is 26.8 Å². The predicted molar refractivity (Wildman–Crippen MR) is 91.8 cm³/mol. The van der Waals surface area contributed by atoms with Crippen molar-refractivity contribution in [2.75, 3.05) is 13.1 Å². The highest BCUT2D eigenvalue weighted by Crippen LogP contribution is 2.23. The number of hydrogen-bond acceptors (Lipinski definition) is 3. The van der Waals surface area contributed by atoms with Crippen molar-refractivity contribution in [1.82, 2.24) is 10.2 Å². The Labute approximate surface area is 145 Å². The van der Waals surface area contributed by atoms with Crippen molar-refractivity contribution in [3.05, 3.63) is 34.1 Å². The molecule has 1 aromatic carbocycles. The number of rotatable bonds is 3. The zero-order chi connectivity index (χ0) is 17.0. The third kappa shape index (κ3) is 5.77. The van der Waals surface area contributed by atoms with E-state index in [1.54, 1.807) is 6.07 Å². The van der Waals surface area contributed by atoms with Crippen molar-refractivity contribution in [2.24, 2.45) is 0 Å². The molecule has 0 atom stereocenters. The van der Waals surface area contributed by atoms with Crippen LogP contribution in [-0.4, -0.2) is 35.7 Å². The number of alkyl carbamates (subject to hydrolysis) is 1. The van der Waals surface area contributed by atoms with Gasteiger partial charge in [-0.05, 0) is 45.7 Å². The molecule has 128 valence electrons. The molecule has 0 radical (unpaired) electrons. The fourth-order valence-electron chi connectivity index (χ4n) is 2.62. The normalized spacial score (nSPS) is 17.1. The van der Waals surface area contributed by atoms with Gasteiger partial charge in [-0.25, -0.2) is 9.18 Å². The number of carbonyl (C=O) groups is 1. The summed E-state index contributed by atoms with van der Waals surface area (Å²) < 4.78 is 20.0. The van der Waals surface area contributed by atoms with Crippen LogP contribution in [0.1, 0.15) is 39.2 Å². The van der Waals surface area contributed by atoms with Crippen LogP contribution in [0.4, 0.5) is 9.18 Å².